The minimum Gasteiger partial charge on any atom is -0.479 e. The molecule has 1 amide bonds. The van der Waals surface area contributed by atoms with Crippen molar-refractivity contribution >= 4 is 12.1 Å². The summed E-state index contributed by atoms with van der Waals surface area (Å²) in [5.74, 6) is -0.947. The fourth-order valence-electron chi connectivity index (χ4n) is 1.39. The number of carboxylic acid groups (broad SMARTS) is 1. The van der Waals surface area contributed by atoms with Crippen molar-refractivity contribution in [1.82, 2.24) is 4.90 Å². The lowest BCUT2D eigenvalue weighted by Gasteiger charge is -2.23. The van der Waals surface area contributed by atoms with Crippen LogP contribution >= 0.6 is 0 Å². The highest BCUT2D eigenvalue weighted by Crippen LogP contribution is 2.41. The highest BCUT2D eigenvalue weighted by Gasteiger charge is 2.56. The van der Waals surface area contributed by atoms with Gasteiger partial charge in [-0.05, 0) is 19.3 Å². The number of hydrogen-bond donors (Lipinski definition) is 1. The Morgan fingerprint density at radius 1 is 1.47 bits per heavy atom. The van der Waals surface area contributed by atoms with Gasteiger partial charge in [0.2, 0.25) is 0 Å². The zero-order valence-corrected chi connectivity index (χ0v) is 9.15. The van der Waals surface area contributed by atoms with Gasteiger partial charge in [0.05, 0.1) is 6.61 Å². The Bertz CT molecular complexity index is 260. The topological polar surface area (TPSA) is 66.8 Å². The van der Waals surface area contributed by atoms with Gasteiger partial charge in [-0.1, -0.05) is 13.3 Å². The third-order valence-electron chi connectivity index (χ3n) is 2.76. The number of nitrogens with zero attached hydrogens (tertiary/aromatic N) is 1. The molecule has 0 aromatic carbocycles. The van der Waals surface area contributed by atoms with Gasteiger partial charge in [0.15, 0.2) is 0 Å². The highest BCUT2D eigenvalue weighted by atomic mass is 16.6. The number of likely N-dealkylation sites (N-methyl/N-ethyl adjacent to an activating group) is 1. The smallest absolute Gasteiger partial charge is 0.410 e. The first kappa shape index (κ1) is 11.8. The molecule has 1 aliphatic rings. The van der Waals surface area contributed by atoms with Crippen molar-refractivity contribution in [1.29, 1.82) is 0 Å². The van der Waals surface area contributed by atoms with E-state index in [1.54, 1.807) is 0 Å². The molecule has 15 heavy (non-hydrogen) atoms. The van der Waals surface area contributed by atoms with E-state index in [2.05, 4.69) is 0 Å². The summed E-state index contributed by atoms with van der Waals surface area (Å²) < 4.78 is 4.94. The first-order valence-electron chi connectivity index (χ1n) is 5.18. The van der Waals surface area contributed by atoms with E-state index in [0.717, 1.165) is 12.8 Å². The fraction of sp³-hybridized carbons (Fsp3) is 0.800. The SMILES string of the molecule is CCCCOC(=O)N(C)C1(C(=O)O)CC1. The van der Waals surface area contributed by atoms with Gasteiger partial charge in [0.1, 0.15) is 5.54 Å². The lowest BCUT2D eigenvalue weighted by molar-refractivity contribution is -0.143. The Morgan fingerprint density at radius 3 is 2.47 bits per heavy atom. The maximum absolute atomic E-state index is 11.4. The number of carbonyl (C=O) groups is 2. The number of amides is 1. The summed E-state index contributed by atoms with van der Waals surface area (Å²) in [7, 11) is 1.48. The van der Waals surface area contributed by atoms with Crippen molar-refractivity contribution in [3.05, 3.63) is 0 Å². The first-order valence-corrected chi connectivity index (χ1v) is 5.18. The molecule has 86 valence electrons. The number of carboxylic acids is 1. The second kappa shape index (κ2) is 4.51. The number of ether oxygens (including phenoxy) is 1. The van der Waals surface area contributed by atoms with E-state index >= 15 is 0 Å². The first-order chi connectivity index (χ1) is 7.04. The molecule has 1 aliphatic carbocycles. The van der Waals surface area contributed by atoms with Crippen molar-refractivity contribution in [3.63, 3.8) is 0 Å². The van der Waals surface area contributed by atoms with Crippen molar-refractivity contribution < 1.29 is 19.4 Å². The quantitative estimate of drug-likeness (QED) is 0.705. The van der Waals surface area contributed by atoms with Gasteiger partial charge in [-0.15, -0.1) is 0 Å². The molecule has 0 heterocycles. The van der Waals surface area contributed by atoms with E-state index in [1.807, 2.05) is 6.92 Å². The van der Waals surface area contributed by atoms with E-state index in [4.69, 9.17) is 9.84 Å². The lowest BCUT2D eigenvalue weighted by atomic mass is 10.2. The molecule has 5 heteroatoms. The summed E-state index contributed by atoms with van der Waals surface area (Å²) in [5, 5.41) is 8.95. The Balaban J connectivity index is 2.43. The third kappa shape index (κ3) is 2.40. The molecule has 0 unspecified atom stereocenters. The van der Waals surface area contributed by atoms with Crippen LogP contribution in [0.2, 0.25) is 0 Å². The van der Waals surface area contributed by atoms with E-state index in [9.17, 15) is 9.59 Å². The zero-order chi connectivity index (χ0) is 11.5. The van der Waals surface area contributed by atoms with Gasteiger partial charge in [-0.3, -0.25) is 4.90 Å². The number of aliphatic carboxylic acids is 1. The van der Waals surface area contributed by atoms with Crippen LogP contribution in [0.3, 0.4) is 0 Å². The molecule has 1 rings (SSSR count). The van der Waals surface area contributed by atoms with Crippen molar-refractivity contribution in [2.75, 3.05) is 13.7 Å². The fourth-order valence-corrected chi connectivity index (χ4v) is 1.39. The van der Waals surface area contributed by atoms with Crippen LogP contribution in [0.25, 0.3) is 0 Å². The second-order valence-electron chi connectivity index (χ2n) is 3.86. The van der Waals surface area contributed by atoms with E-state index in [1.165, 1.54) is 11.9 Å². The molecule has 0 aromatic heterocycles. The van der Waals surface area contributed by atoms with Crippen LogP contribution < -0.4 is 0 Å². The zero-order valence-electron chi connectivity index (χ0n) is 9.15. The normalized spacial score (nSPS) is 16.9. The molecular formula is C10H17NO4. The molecule has 1 N–H and O–H groups in total. The Morgan fingerprint density at radius 2 is 2.07 bits per heavy atom. The summed E-state index contributed by atoms with van der Waals surface area (Å²) in [6.45, 7) is 2.35. The van der Waals surface area contributed by atoms with Crippen molar-refractivity contribution in [2.45, 2.75) is 38.1 Å². The molecule has 0 atom stereocenters. The van der Waals surface area contributed by atoms with Crippen LogP contribution in [0.4, 0.5) is 4.79 Å². The van der Waals surface area contributed by atoms with Gasteiger partial charge < -0.3 is 9.84 Å². The van der Waals surface area contributed by atoms with Crippen molar-refractivity contribution in [3.8, 4) is 0 Å². The van der Waals surface area contributed by atoms with Crippen LogP contribution in [0, 0.1) is 0 Å². The molecule has 0 saturated heterocycles. The second-order valence-corrected chi connectivity index (χ2v) is 3.86. The molecule has 5 nitrogen and oxygen atoms in total. The standard InChI is InChI=1S/C10H17NO4/c1-3-4-7-15-9(14)11(2)10(5-6-10)8(12)13/h3-7H2,1-2H3,(H,12,13). The van der Waals surface area contributed by atoms with Crippen LogP contribution in [-0.4, -0.2) is 41.3 Å². The molecular weight excluding hydrogens is 198 g/mol. The maximum Gasteiger partial charge on any atom is 0.410 e. The van der Waals surface area contributed by atoms with E-state index in [0.29, 0.717) is 19.4 Å². The van der Waals surface area contributed by atoms with Crippen molar-refractivity contribution in [2.24, 2.45) is 0 Å². The molecule has 1 saturated carbocycles. The largest absolute Gasteiger partial charge is 0.479 e. The monoisotopic (exact) mass is 215 g/mol. The van der Waals surface area contributed by atoms with Gasteiger partial charge in [0.25, 0.3) is 0 Å². The van der Waals surface area contributed by atoms with Crippen LogP contribution in [-0.2, 0) is 9.53 Å². The number of carbonyl (C=O) groups excluding carboxylic acids is 1. The van der Waals surface area contributed by atoms with Gasteiger partial charge in [-0.2, -0.15) is 0 Å². The number of rotatable bonds is 5. The summed E-state index contributed by atoms with van der Waals surface area (Å²) >= 11 is 0. The molecule has 0 aromatic rings. The Labute approximate surface area is 89.0 Å². The van der Waals surface area contributed by atoms with Gasteiger partial charge in [-0.25, -0.2) is 9.59 Å². The minimum absolute atomic E-state index is 0.357. The summed E-state index contributed by atoms with van der Waals surface area (Å²) in [6.07, 6.45) is 2.24. The van der Waals surface area contributed by atoms with E-state index < -0.39 is 17.6 Å². The molecule has 0 radical (unpaired) electrons. The summed E-state index contributed by atoms with van der Waals surface area (Å²) in [5.41, 5.74) is -0.997. The number of hydrogen-bond acceptors (Lipinski definition) is 3. The minimum atomic E-state index is -0.997. The molecule has 0 bridgehead atoms. The lowest BCUT2D eigenvalue weighted by Crippen LogP contribution is -2.44. The van der Waals surface area contributed by atoms with Crippen LogP contribution in [0.1, 0.15) is 32.6 Å². The van der Waals surface area contributed by atoms with E-state index in [-0.39, 0.29) is 0 Å². The van der Waals surface area contributed by atoms with Gasteiger partial charge in [0, 0.05) is 7.05 Å². The summed E-state index contributed by atoms with van der Waals surface area (Å²) in [4.78, 5) is 23.6. The number of unbranched alkanes of at least 4 members (excludes halogenated alkanes) is 1. The average Bonchev–Trinajstić information content (AvgIpc) is 2.97. The average molecular weight is 215 g/mol. The van der Waals surface area contributed by atoms with Crippen LogP contribution in [0.15, 0.2) is 0 Å². The molecule has 0 aliphatic heterocycles. The highest BCUT2D eigenvalue weighted by molar-refractivity contribution is 5.87. The maximum atomic E-state index is 11.4. The van der Waals surface area contributed by atoms with Gasteiger partial charge >= 0.3 is 12.1 Å². The molecule has 0 spiro atoms. The Kier molecular flexibility index (Phi) is 3.55. The summed E-state index contributed by atoms with van der Waals surface area (Å²) in [6, 6.07) is 0. The molecule has 1 fully saturated rings. The predicted octanol–water partition coefficient (Wildman–Crippen LogP) is 1.47. The predicted molar refractivity (Wildman–Crippen MR) is 53.6 cm³/mol. The third-order valence-corrected chi connectivity index (χ3v) is 2.76. The van der Waals surface area contributed by atoms with Crippen LogP contribution in [0.5, 0.6) is 0 Å². The Hall–Kier alpha value is -1.26.